The average molecular weight is 235 g/mol. The van der Waals surface area contributed by atoms with Gasteiger partial charge in [0.1, 0.15) is 0 Å². The van der Waals surface area contributed by atoms with Crippen LogP contribution < -0.4 is 0 Å². The molecule has 0 N–H and O–H groups in total. The predicted molar refractivity (Wildman–Crippen MR) is 73.7 cm³/mol. The molecule has 98 valence electrons. The molecule has 1 aliphatic rings. The highest BCUT2D eigenvalue weighted by atomic mass is 14.4. The van der Waals surface area contributed by atoms with Gasteiger partial charge in [0.15, 0.2) is 0 Å². The van der Waals surface area contributed by atoms with Gasteiger partial charge in [-0.15, -0.1) is 0 Å². The van der Waals surface area contributed by atoms with Crippen LogP contribution >= 0.6 is 0 Å². The summed E-state index contributed by atoms with van der Waals surface area (Å²) in [5.74, 6) is 0.777. The van der Waals surface area contributed by atoms with Crippen molar-refractivity contribution in [1.82, 2.24) is 0 Å². The third kappa shape index (κ3) is 5.11. The lowest BCUT2D eigenvalue weighted by molar-refractivity contribution is 0.344. The molecule has 0 bridgehead atoms. The van der Waals surface area contributed by atoms with Crippen LogP contribution in [0.15, 0.2) is 0 Å². The average Bonchev–Trinajstić information content (AvgIpc) is 2.71. The van der Waals surface area contributed by atoms with Crippen molar-refractivity contribution in [3.8, 4) is 6.07 Å². The minimum absolute atomic E-state index is 0.0584. The van der Waals surface area contributed by atoms with E-state index in [4.69, 9.17) is 0 Å². The van der Waals surface area contributed by atoms with E-state index in [1.54, 1.807) is 0 Å². The lowest BCUT2D eigenvalue weighted by Crippen LogP contribution is -2.13. The van der Waals surface area contributed by atoms with Gasteiger partial charge in [0.25, 0.3) is 0 Å². The number of hydrogen-bond acceptors (Lipinski definition) is 1. The van der Waals surface area contributed by atoms with E-state index in [0.717, 1.165) is 25.2 Å². The van der Waals surface area contributed by atoms with Crippen molar-refractivity contribution in [2.45, 2.75) is 84.5 Å². The molecule has 2 unspecified atom stereocenters. The van der Waals surface area contributed by atoms with E-state index in [9.17, 15) is 5.26 Å². The Bertz CT molecular complexity index is 240. The fraction of sp³-hybridized carbons (Fsp3) is 0.938. The van der Waals surface area contributed by atoms with E-state index in [0.29, 0.717) is 0 Å². The summed E-state index contributed by atoms with van der Waals surface area (Å²) in [6.07, 6.45) is 14.2. The molecule has 17 heavy (non-hydrogen) atoms. The van der Waals surface area contributed by atoms with Gasteiger partial charge in [0.2, 0.25) is 0 Å². The monoisotopic (exact) mass is 235 g/mol. The Kier molecular flexibility index (Phi) is 6.63. The van der Waals surface area contributed by atoms with E-state index in [2.05, 4.69) is 19.9 Å². The summed E-state index contributed by atoms with van der Waals surface area (Å²) < 4.78 is 0. The Balaban J connectivity index is 2.07. The highest BCUT2D eigenvalue weighted by Crippen LogP contribution is 2.44. The number of nitrogens with zero attached hydrogens (tertiary/aromatic N) is 1. The molecule has 0 aromatic heterocycles. The van der Waals surface area contributed by atoms with Gasteiger partial charge in [-0.2, -0.15) is 5.26 Å². The molecule has 0 saturated heterocycles. The van der Waals surface area contributed by atoms with Crippen molar-refractivity contribution < 1.29 is 0 Å². The van der Waals surface area contributed by atoms with Crippen LogP contribution in [0.4, 0.5) is 0 Å². The van der Waals surface area contributed by atoms with Crippen LogP contribution in [0.2, 0.25) is 0 Å². The zero-order valence-electron chi connectivity index (χ0n) is 11.8. The zero-order valence-corrected chi connectivity index (χ0v) is 11.8. The smallest absolute Gasteiger partial charge is 0.0689 e. The first kappa shape index (κ1) is 14.6. The predicted octanol–water partition coefficient (Wildman–Crippen LogP) is 5.46. The third-order valence-corrected chi connectivity index (χ3v) is 4.35. The molecule has 2 atom stereocenters. The molecule has 0 spiro atoms. The van der Waals surface area contributed by atoms with E-state index in [1.165, 1.54) is 51.4 Å². The molecule has 1 aliphatic carbocycles. The molecule has 1 nitrogen and oxygen atoms in total. The SMILES string of the molecule is CCCCCCCCCC1(C#N)CCC(C)C1. The Hall–Kier alpha value is -0.510. The van der Waals surface area contributed by atoms with Crippen LogP contribution in [0, 0.1) is 22.7 Å². The Morgan fingerprint density at radius 1 is 1.12 bits per heavy atom. The highest BCUT2D eigenvalue weighted by Gasteiger charge is 2.36. The molecular formula is C16H29N. The van der Waals surface area contributed by atoms with Gasteiger partial charge in [-0.25, -0.2) is 0 Å². The molecule has 0 heterocycles. The molecule has 1 fully saturated rings. The lowest BCUT2D eigenvalue weighted by Gasteiger charge is -2.20. The maximum Gasteiger partial charge on any atom is 0.0689 e. The summed E-state index contributed by atoms with van der Waals surface area (Å²) in [7, 11) is 0. The summed E-state index contributed by atoms with van der Waals surface area (Å²) in [5.41, 5.74) is 0.0584. The third-order valence-electron chi connectivity index (χ3n) is 4.35. The first-order valence-corrected chi connectivity index (χ1v) is 7.64. The number of rotatable bonds is 8. The molecule has 1 rings (SSSR count). The largest absolute Gasteiger partial charge is 0.198 e. The number of unbranched alkanes of at least 4 members (excludes halogenated alkanes) is 6. The first-order valence-electron chi connectivity index (χ1n) is 7.64. The second kappa shape index (κ2) is 7.75. The molecular weight excluding hydrogens is 206 g/mol. The van der Waals surface area contributed by atoms with Crippen LogP contribution in [-0.2, 0) is 0 Å². The van der Waals surface area contributed by atoms with Crippen LogP contribution in [-0.4, -0.2) is 0 Å². The lowest BCUT2D eigenvalue weighted by atomic mass is 9.81. The topological polar surface area (TPSA) is 23.8 Å². The zero-order chi connectivity index (χ0) is 12.6. The minimum atomic E-state index is 0.0584. The van der Waals surface area contributed by atoms with Crippen molar-refractivity contribution in [2.24, 2.45) is 11.3 Å². The fourth-order valence-corrected chi connectivity index (χ4v) is 3.20. The summed E-state index contributed by atoms with van der Waals surface area (Å²) in [4.78, 5) is 0. The van der Waals surface area contributed by atoms with Crippen LogP contribution in [0.1, 0.15) is 84.5 Å². The van der Waals surface area contributed by atoms with Crippen molar-refractivity contribution in [1.29, 1.82) is 5.26 Å². The van der Waals surface area contributed by atoms with Gasteiger partial charge in [-0.3, -0.25) is 0 Å². The van der Waals surface area contributed by atoms with E-state index in [-0.39, 0.29) is 5.41 Å². The van der Waals surface area contributed by atoms with Gasteiger partial charge in [-0.1, -0.05) is 58.8 Å². The molecule has 1 saturated carbocycles. The van der Waals surface area contributed by atoms with Crippen molar-refractivity contribution >= 4 is 0 Å². The first-order chi connectivity index (χ1) is 8.22. The fourth-order valence-electron chi connectivity index (χ4n) is 3.20. The standard InChI is InChI=1S/C16H29N/c1-3-4-5-6-7-8-9-11-16(14-17)12-10-15(2)13-16/h15H,3-13H2,1-2H3. The van der Waals surface area contributed by atoms with Crippen molar-refractivity contribution in [2.75, 3.05) is 0 Å². The Labute approximate surface area is 108 Å². The van der Waals surface area contributed by atoms with Crippen LogP contribution in [0.3, 0.4) is 0 Å². The molecule has 0 aromatic carbocycles. The Morgan fingerprint density at radius 3 is 2.29 bits per heavy atom. The molecule has 0 amide bonds. The summed E-state index contributed by atoms with van der Waals surface area (Å²) >= 11 is 0. The molecule has 0 radical (unpaired) electrons. The van der Waals surface area contributed by atoms with Gasteiger partial charge in [-0.05, 0) is 31.6 Å². The van der Waals surface area contributed by atoms with Crippen LogP contribution in [0.5, 0.6) is 0 Å². The van der Waals surface area contributed by atoms with Gasteiger partial charge >= 0.3 is 0 Å². The van der Waals surface area contributed by atoms with Gasteiger partial charge in [0.05, 0.1) is 11.5 Å². The highest BCUT2D eigenvalue weighted by molar-refractivity contribution is 5.03. The van der Waals surface area contributed by atoms with Crippen molar-refractivity contribution in [3.63, 3.8) is 0 Å². The number of nitriles is 1. The molecule has 1 heteroatoms. The van der Waals surface area contributed by atoms with Crippen molar-refractivity contribution in [3.05, 3.63) is 0 Å². The number of hydrogen-bond donors (Lipinski definition) is 0. The van der Waals surface area contributed by atoms with Gasteiger partial charge < -0.3 is 0 Å². The van der Waals surface area contributed by atoms with Crippen LogP contribution in [0.25, 0.3) is 0 Å². The Morgan fingerprint density at radius 2 is 1.76 bits per heavy atom. The second-order valence-corrected chi connectivity index (χ2v) is 6.11. The molecule has 0 aliphatic heterocycles. The summed E-state index contributed by atoms with van der Waals surface area (Å²) in [5, 5.41) is 9.36. The quantitative estimate of drug-likeness (QED) is 0.513. The normalized spacial score (nSPS) is 28.2. The molecule has 0 aromatic rings. The summed E-state index contributed by atoms with van der Waals surface area (Å²) in [6.45, 7) is 4.56. The maximum absolute atomic E-state index is 9.36. The van der Waals surface area contributed by atoms with E-state index in [1.807, 2.05) is 0 Å². The second-order valence-electron chi connectivity index (χ2n) is 6.11. The van der Waals surface area contributed by atoms with E-state index >= 15 is 0 Å². The maximum atomic E-state index is 9.36. The van der Waals surface area contributed by atoms with Gasteiger partial charge in [0, 0.05) is 0 Å². The minimum Gasteiger partial charge on any atom is -0.198 e. The summed E-state index contributed by atoms with van der Waals surface area (Å²) in [6, 6.07) is 2.62. The van der Waals surface area contributed by atoms with E-state index < -0.39 is 0 Å².